The Morgan fingerprint density at radius 3 is 2.36 bits per heavy atom. The molecule has 33 heavy (non-hydrogen) atoms. The smallest absolute Gasteiger partial charge is 0.433 e. The number of piperazine rings is 1. The molecule has 1 aromatic heterocycles. The van der Waals surface area contributed by atoms with E-state index in [4.69, 9.17) is 9.47 Å². The topological polar surface area (TPSA) is 111 Å². The molecule has 1 aromatic carbocycles. The van der Waals surface area contributed by atoms with E-state index < -0.39 is 34.5 Å². The van der Waals surface area contributed by atoms with Crippen LogP contribution < -0.4 is 9.64 Å². The van der Waals surface area contributed by atoms with E-state index in [9.17, 15) is 28.1 Å². The number of halogens is 3. The molecule has 0 atom stereocenters. The Hall–Kier alpha value is -3.64. The van der Waals surface area contributed by atoms with Crippen molar-refractivity contribution in [3.05, 3.63) is 46.3 Å². The summed E-state index contributed by atoms with van der Waals surface area (Å²) in [5, 5.41) is 11.2. The van der Waals surface area contributed by atoms with Crippen molar-refractivity contribution in [2.24, 2.45) is 0 Å². The average Bonchev–Trinajstić information content (AvgIpc) is 2.72. The summed E-state index contributed by atoms with van der Waals surface area (Å²) >= 11 is 0. The monoisotopic (exact) mass is 469 g/mol. The number of hydrogen-bond acceptors (Lipinski definition) is 8. The van der Waals surface area contributed by atoms with Crippen LogP contribution in [0.1, 0.15) is 26.5 Å². The van der Waals surface area contributed by atoms with Gasteiger partial charge < -0.3 is 19.3 Å². The van der Waals surface area contributed by atoms with Crippen LogP contribution >= 0.6 is 0 Å². The van der Waals surface area contributed by atoms with Crippen LogP contribution in [0, 0.1) is 10.1 Å². The second kappa shape index (κ2) is 9.08. The van der Waals surface area contributed by atoms with Crippen molar-refractivity contribution >= 4 is 17.5 Å². The zero-order chi connectivity index (χ0) is 24.4. The molecule has 0 radical (unpaired) electrons. The maximum absolute atomic E-state index is 13.0. The maximum Gasteiger partial charge on any atom is 0.433 e. The number of nitro benzene ring substituents is 1. The molecule has 1 amide bonds. The molecule has 0 aliphatic carbocycles. The van der Waals surface area contributed by atoms with Gasteiger partial charge in [0.05, 0.1) is 16.7 Å². The minimum absolute atomic E-state index is 0.0748. The van der Waals surface area contributed by atoms with Crippen molar-refractivity contribution in [2.75, 3.05) is 31.1 Å². The molecule has 0 N–H and O–H groups in total. The summed E-state index contributed by atoms with van der Waals surface area (Å²) in [6.45, 7) is 6.59. The number of rotatable bonds is 4. The van der Waals surface area contributed by atoms with Crippen molar-refractivity contribution in [1.82, 2.24) is 14.9 Å². The molecule has 0 spiro atoms. The van der Waals surface area contributed by atoms with E-state index in [2.05, 4.69) is 9.97 Å². The summed E-state index contributed by atoms with van der Waals surface area (Å²) in [5.74, 6) is -0.0748. The number of nitrogens with zero attached hydrogens (tertiary/aromatic N) is 5. The average molecular weight is 469 g/mol. The number of carbonyl (C=O) groups is 1. The van der Waals surface area contributed by atoms with Gasteiger partial charge in [0.1, 0.15) is 5.60 Å². The maximum atomic E-state index is 13.0. The third kappa shape index (κ3) is 6.20. The van der Waals surface area contributed by atoms with E-state index in [0.29, 0.717) is 37.9 Å². The van der Waals surface area contributed by atoms with E-state index >= 15 is 0 Å². The van der Waals surface area contributed by atoms with E-state index in [1.807, 2.05) is 0 Å². The van der Waals surface area contributed by atoms with Gasteiger partial charge >= 0.3 is 18.3 Å². The first-order chi connectivity index (χ1) is 15.3. The van der Waals surface area contributed by atoms with Gasteiger partial charge in [-0.2, -0.15) is 18.2 Å². The fourth-order valence-corrected chi connectivity index (χ4v) is 3.06. The molecule has 178 valence electrons. The van der Waals surface area contributed by atoms with Gasteiger partial charge in [-0.05, 0) is 32.9 Å². The van der Waals surface area contributed by atoms with Crippen molar-refractivity contribution in [3.63, 3.8) is 0 Å². The van der Waals surface area contributed by atoms with Crippen LogP contribution in [0.2, 0.25) is 0 Å². The van der Waals surface area contributed by atoms with Crippen LogP contribution in [0.15, 0.2) is 30.5 Å². The van der Waals surface area contributed by atoms with Crippen LogP contribution in [0.25, 0.3) is 0 Å². The predicted molar refractivity (Wildman–Crippen MR) is 110 cm³/mol. The number of non-ortho nitro benzene ring substituents is 1. The first-order valence-electron chi connectivity index (χ1n) is 9.93. The Balaban J connectivity index is 1.82. The molecular formula is C20H22F3N5O5. The van der Waals surface area contributed by atoms with E-state index in [1.54, 1.807) is 25.7 Å². The van der Waals surface area contributed by atoms with Crippen molar-refractivity contribution in [1.29, 1.82) is 0 Å². The lowest BCUT2D eigenvalue weighted by atomic mass is 10.2. The molecule has 1 fully saturated rings. The number of anilines is 1. The Kier molecular flexibility index (Phi) is 6.60. The van der Waals surface area contributed by atoms with E-state index in [1.165, 1.54) is 17.0 Å². The number of alkyl halides is 3. The SMILES string of the molecule is CC(C)(C)OC(=O)N1CCN(c2ccc([N+](=O)[O-])cc2Oc2nccc(C(F)(F)F)n2)CC1. The highest BCUT2D eigenvalue weighted by molar-refractivity contribution is 5.69. The van der Waals surface area contributed by atoms with Crippen molar-refractivity contribution < 1.29 is 32.4 Å². The zero-order valence-corrected chi connectivity index (χ0v) is 18.1. The van der Waals surface area contributed by atoms with Crippen molar-refractivity contribution in [2.45, 2.75) is 32.5 Å². The van der Waals surface area contributed by atoms with Gasteiger partial charge in [-0.1, -0.05) is 0 Å². The van der Waals surface area contributed by atoms with Gasteiger partial charge in [-0.3, -0.25) is 10.1 Å². The van der Waals surface area contributed by atoms with Crippen LogP contribution in [0.3, 0.4) is 0 Å². The van der Waals surface area contributed by atoms with Crippen LogP contribution in [0.5, 0.6) is 11.8 Å². The number of hydrogen-bond donors (Lipinski definition) is 0. The second-order valence-electron chi connectivity index (χ2n) is 8.19. The third-order valence-electron chi connectivity index (χ3n) is 4.55. The summed E-state index contributed by atoms with van der Waals surface area (Å²) in [6.07, 6.45) is -4.27. The Labute approximate surface area is 187 Å². The first-order valence-corrected chi connectivity index (χ1v) is 9.93. The molecule has 2 heterocycles. The lowest BCUT2D eigenvalue weighted by Crippen LogP contribution is -2.50. The van der Waals surface area contributed by atoms with Gasteiger partial charge in [-0.15, -0.1) is 0 Å². The third-order valence-corrected chi connectivity index (χ3v) is 4.55. The van der Waals surface area contributed by atoms with Gasteiger partial charge in [0.25, 0.3) is 5.69 Å². The second-order valence-corrected chi connectivity index (χ2v) is 8.19. The predicted octanol–water partition coefficient (Wildman–Crippen LogP) is 4.25. The quantitative estimate of drug-likeness (QED) is 0.483. The summed E-state index contributed by atoms with van der Waals surface area (Å²) in [5.41, 5.74) is -1.76. The molecule has 0 saturated carbocycles. The van der Waals surface area contributed by atoms with Crippen molar-refractivity contribution in [3.8, 4) is 11.8 Å². The molecule has 13 heteroatoms. The fourth-order valence-electron chi connectivity index (χ4n) is 3.06. The van der Waals surface area contributed by atoms with Crippen LogP contribution in [-0.2, 0) is 10.9 Å². The highest BCUT2D eigenvalue weighted by atomic mass is 19.4. The molecule has 10 nitrogen and oxygen atoms in total. The Morgan fingerprint density at radius 1 is 1.12 bits per heavy atom. The summed E-state index contributed by atoms with van der Waals surface area (Å²) < 4.78 is 49.7. The first kappa shape index (κ1) is 24.0. The van der Waals surface area contributed by atoms with Gasteiger partial charge in [0.15, 0.2) is 11.4 Å². The number of benzene rings is 1. The Bertz CT molecular complexity index is 1030. The van der Waals surface area contributed by atoms with Crippen LogP contribution in [-0.4, -0.2) is 57.7 Å². The molecule has 2 aromatic rings. The summed E-state index contributed by atoms with van der Waals surface area (Å²) in [4.78, 5) is 33.2. The minimum Gasteiger partial charge on any atom is -0.444 e. The summed E-state index contributed by atoms with van der Waals surface area (Å²) in [6, 6.07) is 3.88. The van der Waals surface area contributed by atoms with Gasteiger partial charge in [0.2, 0.25) is 0 Å². The minimum atomic E-state index is -4.70. The lowest BCUT2D eigenvalue weighted by molar-refractivity contribution is -0.384. The number of aromatic nitrogens is 2. The molecule has 1 saturated heterocycles. The van der Waals surface area contributed by atoms with Gasteiger partial charge in [-0.25, -0.2) is 9.78 Å². The molecule has 1 aliphatic rings. The molecular weight excluding hydrogens is 447 g/mol. The van der Waals surface area contributed by atoms with E-state index in [-0.39, 0.29) is 11.4 Å². The number of amides is 1. The molecule has 1 aliphatic heterocycles. The molecule has 0 bridgehead atoms. The molecule has 3 rings (SSSR count). The largest absolute Gasteiger partial charge is 0.444 e. The highest BCUT2D eigenvalue weighted by Crippen LogP contribution is 2.36. The zero-order valence-electron chi connectivity index (χ0n) is 18.1. The number of nitro groups is 1. The highest BCUT2D eigenvalue weighted by Gasteiger charge is 2.33. The molecule has 0 unspecified atom stereocenters. The standard InChI is InChI=1S/C20H22F3N5O5/c1-19(2,3)33-18(29)27-10-8-26(9-11-27)14-5-4-13(28(30)31)12-15(14)32-17-24-7-6-16(25-17)20(21,22)23/h4-7,12H,8-11H2,1-3H3. The number of carbonyl (C=O) groups excluding carboxylic acids is 1. The lowest BCUT2D eigenvalue weighted by Gasteiger charge is -2.37. The van der Waals surface area contributed by atoms with Crippen LogP contribution in [0.4, 0.5) is 29.3 Å². The summed E-state index contributed by atoms with van der Waals surface area (Å²) in [7, 11) is 0. The fraction of sp³-hybridized carbons (Fsp3) is 0.450. The Morgan fingerprint density at radius 2 is 1.79 bits per heavy atom. The van der Waals surface area contributed by atoms with Gasteiger partial charge in [0, 0.05) is 38.4 Å². The normalized spacial score (nSPS) is 14.7. The number of ether oxygens (including phenoxy) is 2. The van der Waals surface area contributed by atoms with E-state index in [0.717, 1.165) is 12.3 Å².